The number of nitrogens with one attached hydrogen (secondary N) is 2. The number of hydrogen-bond donors (Lipinski definition) is 2. The molecule has 0 aliphatic carbocycles. The summed E-state index contributed by atoms with van der Waals surface area (Å²) in [5.74, 6) is -0.847. The minimum Gasteiger partial charge on any atom is -0.355 e. The lowest BCUT2D eigenvalue weighted by atomic mass is 10.2. The van der Waals surface area contributed by atoms with Crippen LogP contribution in [0, 0.1) is 0 Å². The first-order chi connectivity index (χ1) is 5.63. The van der Waals surface area contributed by atoms with Crippen molar-refractivity contribution in [2.75, 3.05) is 13.6 Å². The zero-order valence-electron chi connectivity index (χ0n) is 7.44. The highest BCUT2D eigenvalue weighted by atomic mass is 16.2. The largest absolute Gasteiger partial charge is 0.355 e. The molecule has 0 spiro atoms. The summed E-state index contributed by atoms with van der Waals surface area (Å²) in [6.45, 7) is 5.85. The van der Waals surface area contributed by atoms with Gasteiger partial charge in [0.05, 0.1) is 5.57 Å². The van der Waals surface area contributed by atoms with Crippen LogP contribution in [0.25, 0.3) is 0 Å². The van der Waals surface area contributed by atoms with Crippen LogP contribution in [0.4, 0.5) is 0 Å². The van der Waals surface area contributed by atoms with Gasteiger partial charge in [-0.2, -0.15) is 0 Å². The molecule has 0 radical (unpaired) electrons. The molecule has 4 nitrogen and oxygen atoms in total. The summed E-state index contributed by atoms with van der Waals surface area (Å²) in [5, 5.41) is 4.87. The first-order valence-electron chi connectivity index (χ1n) is 3.82. The maximum absolute atomic E-state index is 11.0. The Morgan fingerprint density at radius 2 is 1.92 bits per heavy atom. The highest BCUT2D eigenvalue weighted by Gasteiger charge is 2.12. The van der Waals surface area contributed by atoms with Crippen LogP contribution in [-0.4, -0.2) is 25.4 Å². The van der Waals surface area contributed by atoms with Crippen LogP contribution in [0.2, 0.25) is 0 Å². The van der Waals surface area contributed by atoms with Crippen molar-refractivity contribution in [3.8, 4) is 0 Å². The number of rotatable bonds is 4. The van der Waals surface area contributed by atoms with Crippen molar-refractivity contribution in [1.29, 1.82) is 0 Å². The van der Waals surface area contributed by atoms with Crippen molar-refractivity contribution in [1.82, 2.24) is 10.6 Å². The molecule has 2 amide bonds. The van der Waals surface area contributed by atoms with Gasteiger partial charge in [0.25, 0.3) is 11.8 Å². The SMILES string of the molecule is C=C(C(=O)NC)C(=O)NCCC. The molecular weight excluding hydrogens is 156 g/mol. The molecule has 0 aromatic carbocycles. The summed E-state index contributed by atoms with van der Waals surface area (Å²) in [5.41, 5.74) is -0.0500. The van der Waals surface area contributed by atoms with E-state index in [1.54, 1.807) is 0 Å². The van der Waals surface area contributed by atoms with Gasteiger partial charge in [-0.15, -0.1) is 0 Å². The van der Waals surface area contributed by atoms with E-state index in [1.165, 1.54) is 7.05 Å². The van der Waals surface area contributed by atoms with Gasteiger partial charge in [0, 0.05) is 13.6 Å². The van der Waals surface area contributed by atoms with Gasteiger partial charge in [0.1, 0.15) is 0 Å². The number of amides is 2. The third-order valence-electron chi connectivity index (χ3n) is 1.31. The topological polar surface area (TPSA) is 58.2 Å². The lowest BCUT2D eigenvalue weighted by Gasteiger charge is -2.04. The molecule has 0 fully saturated rings. The molecule has 0 unspecified atom stereocenters. The average Bonchev–Trinajstić information content (AvgIpc) is 2.11. The molecule has 4 heteroatoms. The molecule has 0 saturated carbocycles. The molecule has 0 rings (SSSR count). The van der Waals surface area contributed by atoms with Gasteiger partial charge in [-0.25, -0.2) is 0 Å². The fraction of sp³-hybridized carbons (Fsp3) is 0.500. The van der Waals surface area contributed by atoms with E-state index >= 15 is 0 Å². The van der Waals surface area contributed by atoms with Crippen molar-refractivity contribution in [3.05, 3.63) is 12.2 Å². The van der Waals surface area contributed by atoms with Gasteiger partial charge in [-0.1, -0.05) is 13.5 Å². The molecule has 68 valence electrons. The molecule has 0 aromatic heterocycles. The lowest BCUT2D eigenvalue weighted by molar-refractivity contribution is -0.123. The Morgan fingerprint density at radius 1 is 1.33 bits per heavy atom. The van der Waals surface area contributed by atoms with E-state index < -0.39 is 11.8 Å². The molecule has 0 aliphatic rings. The molecule has 0 saturated heterocycles. The van der Waals surface area contributed by atoms with Crippen molar-refractivity contribution in [3.63, 3.8) is 0 Å². The predicted molar refractivity (Wildman–Crippen MR) is 46.5 cm³/mol. The zero-order chi connectivity index (χ0) is 9.56. The number of carbonyl (C=O) groups is 2. The molecular formula is C8H14N2O2. The first kappa shape index (κ1) is 10.7. The van der Waals surface area contributed by atoms with Crippen molar-refractivity contribution in [2.24, 2.45) is 0 Å². The fourth-order valence-corrected chi connectivity index (χ4v) is 0.599. The van der Waals surface area contributed by atoms with Crippen molar-refractivity contribution in [2.45, 2.75) is 13.3 Å². The quantitative estimate of drug-likeness (QED) is 0.349. The van der Waals surface area contributed by atoms with Crippen LogP contribution in [0.5, 0.6) is 0 Å². The van der Waals surface area contributed by atoms with Gasteiger partial charge in [-0.05, 0) is 6.42 Å². The zero-order valence-corrected chi connectivity index (χ0v) is 7.44. The standard InChI is InChI=1S/C8H14N2O2/c1-4-5-10-8(12)6(2)7(11)9-3/h2,4-5H2,1,3H3,(H,9,11)(H,10,12). The van der Waals surface area contributed by atoms with Crippen LogP contribution < -0.4 is 10.6 Å². The van der Waals surface area contributed by atoms with Gasteiger partial charge in [0.2, 0.25) is 0 Å². The average molecular weight is 170 g/mol. The Morgan fingerprint density at radius 3 is 2.33 bits per heavy atom. The Hall–Kier alpha value is -1.32. The lowest BCUT2D eigenvalue weighted by Crippen LogP contribution is -2.32. The number of carbonyl (C=O) groups excluding carboxylic acids is 2. The summed E-state index contributed by atoms with van der Waals surface area (Å²) in [6.07, 6.45) is 0.840. The molecule has 0 heterocycles. The summed E-state index contributed by atoms with van der Waals surface area (Å²) in [7, 11) is 1.46. The van der Waals surface area contributed by atoms with E-state index in [0.717, 1.165) is 6.42 Å². The summed E-state index contributed by atoms with van der Waals surface area (Å²) < 4.78 is 0. The van der Waals surface area contributed by atoms with Gasteiger partial charge < -0.3 is 10.6 Å². The molecule has 0 aromatic rings. The molecule has 2 N–H and O–H groups in total. The smallest absolute Gasteiger partial charge is 0.256 e. The van der Waals surface area contributed by atoms with E-state index in [1.807, 2.05) is 6.92 Å². The van der Waals surface area contributed by atoms with E-state index in [4.69, 9.17) is 0 Å². The van der Waals surface area contributed by atoms with E-state index in [2.05, 4.69) is 17.2 Å². The minimum absolute atomic E-state index is 0.0500. The second-order valence-electron chi connectivity index (χ2n) is 2.31. The van der Waals surface area contributed by atoms with E-state index in [-0.39, 0.29) is 5.57 Å². The Labute approximate surface area is 72.0 Å². The third-order valence-corrected chi connectivity index (χ3v) is 1.31. The minimum atomic E-state index is -0.441. The van der Waals surface area contributed by atoms with Crippen molar-refractivity contribution < 1.29 is 9.59 Å². The van der Waals surface area contributed by atoms with Crippen molar-refractivity contribution >= 4 is 11.8 Å². The highest BCUT2D eigenvalue weighted by molar-refractivity contribution is 6.17. The van der Waals surface area contributed by atoms with Gasteiger partial charge in [0.15, 0.2) is 0 Å². The van der Waals surface area contributed by atoms with E-state index in [9.17, 15) is 9.59 Å². The maximum Gasteiger partial charge on any atom is 0.256 e. The Bertz CT molecular complexity index is 199. The molecule has 0 atom stereocenters. The maximum atomic E-state index is 11.0. The van der Waals surface area contributed by atoms with E-state index in [0.29, 0.717) is 6.54 Å². The number of hydrogen-bond acceptors (Lipinski definition) is 2. The second kappa shape index (κ2) is 5.35. The molecule has 12 heavy (non-hydrogen) atoms. The first-order valence-corrected chi connectivity index (χ1v) is 3.82. The summed E-state index contributed by atoms with van der Waals surface area (Å²) in [6, 6.07) is 0. The van der Waals surface area contributed by atoms with Crippen LogP contribution in [0.3, 0.4) is 0 Å². The molecule has 0 bridgehead atoms. The van der Waals surface area contributed by atoms with Crippen LogP contribution >= 0.6 is 0 Å². The predicted octanol–water partition coefficient (Wildman–Crippen LogP) is -0.185. The van der Waals surface area contributed by atoms with Gasteiger partial charge >= 0.3 is 0 Å². The summed E-state index contributed by atoms with van der Waals surface area (Å²) >= 11 is 0. The normalized spacial score (nSPS) is 8.83. The molecule has 0 aliphatic heterocycles. The fourth-order valence-electron chi connectivity index (χ4n) is 0.599. The highest BCUT2D eigenvalue weighted by Crippen LogP contribution is 1.89. The summed E-state index contributed by atoms with van der Waals surface area (Å²) in [4.78, 5) is 21.9. The Kier molecular flexibility index (Phi) is 4.76. The third kappa shape index (κ3) is 3.18. The second-order valence-corrected chi connectivity index (χ2v) is 2.31. The van der Waals surface area contributed by atoms with Crippen LogP contribution in [0.1, 0.15) is 13.3 Å². The monoisotopic (exact) mass is 170 g/mol. The van der Waals surface area contributed by atoms with Crippen LogP contribution in [0.15, 0.2) is 12.2 Å². The van der Waals surface area contributed by atoms with Gasteiger partial charge in [-0.3, -0.25) is 9.59 Å². The number of likely N-dealkylation sites (N-methyl/N-ethyl adjacent to an activating group) is 1. The van der Waals surface area contributed by atoms with Crippen LogP contribution in [-0.2, 0) is 9.59 Å². The Balaban J connectivity index is 3.93.